The van der Waals surface area contributed by atoms with Crippen molar-refractivity contribution in [1.29, 1.82) is 0 Å². The minimum atomic E-state index is -1.76. The number of amidine groups is 1. The smallest absolute Gasteiger partial charge is 0.328 e. The molecule has 7 nitrogen and oxygen atoms in total. The van der Waals surface area contributed by atoms with E-state index in [4.69, 9.17) is 4.99 Å². The Bertz CT molecular complexity index is 1420. The van der Waals surface area contributed by atoms with E-state index < -0.39 is 35.3 Å². The van der Waals surface area contributed by atoms with E-state index in [1.807, 2.05) is 60.7 Å². The Hall–Kier alpha value is -2.95. The van der Waals surface area contributed by atoms with Crippen LogP contribution in [-0.4, -0.2) is 23.0 Å². The van der Waals surface area contributed by atoms with Crippen LogP contribution in [0.4, 0.5) is 4.79 Å². The highest BCUT2D eigenvalue weighted by molar-refractivity contribution is 9.10. The lowest BCUT2D eigenvalue weighted by atomic mass is 9.66. The molecule has 3 aromatic rings. The summed E-state index contributed by atoms with van der Waals surface area (Å²) in [5, 5.41) is 8.64. The minimum Gasteiger partial charge on any atom is -0.356 e. The Kier molecular flexibility index (Phi) is 7.24. The van der Waals surface area contributed by atoms with E-state index in [2.05, 4.69) is 66.9 Å². The van der Waals surface area contributed by atoms with Crippen LogP contribution < -0.4 is 16.0 Å². The van der Waals surface area contributed by atoms with Crippen molar-refractivity contribution in [2.75, 3.05) is 0 Å². The normalized spacial score (nSPS) is 20.6. The average Bonchev–Trinajstić information content (AvgIpc) is 2.86. The summed E-state index contributed by atoms with van der Waals surface area (Å²) in [7, 11) is 0. The van der Waals surface area contributed by atoms with Gasteiger partial charge >= 0.3 is 6.03 Å². The number of imide groups is 2. The SMILES string of the molecule is Cc1ccccc1CSC1=N[C@@H](c2cccc(Br)c2)C2(C(=O)NC(=O)NC2=O)[C@@H](c2cccc(Br)c2)N1. The molecule has 2 atom stereocenters. The maximum atomic E-state index is 13.7. The largest absolute Gasteiger partial charge is 0.356 e. The molecule has 10 heteroatoms. The number of hydrogen-bond acceptors (Lipinski definition) is 6. The number of amides is 4. The van der Waals surface area contributed by atoms with Crippen molar-refractivity contribution in [1.82, 2.24) is 16.0 Å². The Balaban J connectivity index is 1.68. The lowest BCUT2D eigenvalue weighted by molar-refractivity contribution is -0.149. The second-order valence-corrected chi connectivity index (χ2v) is 11.6. The number of carbonyl (C=O) groups is 3. The molecule has 1 fully saturated rings. The van der Waals surface area contributed by atoms with Gasteiger partial charge in [-0.1, -0.05) is 92.2 Å². The van der Waals surface area contributed by atoms with Gasteiger partial charge in [0.1, 0.15) is 6.04 Å². The zero-order chi connectivity index (χ0) is 26.2. The van der Waals surface area contributed by atoms with Gasteiger partial charge in [-0.15, -0.1) is 0 Å². The van der Waals surface area contributed by atoms with Crippen LogP contribution in [0.15, 0.2) is 86.7 Å². The average molecular weight is 642 g/mol. The molecule has 5 rings (SSSR count). The van der Waals surface area contributed by atoms with Crippen LogP contribution in [-0.2, 0) is 15.3 Å². The number of nitrogens with one attached hydrogen (secondary N) is 3. The molecule has 3 N–H and O–H groups in total. The molecule has 37 heavy (non-hydrogen) atoms. The van der Waals surface area contributed by atoms with Crippen LogP contribution in [0.1, 0.15) is 34.3 Å². The zero-order valence-electron chi connectivity index (χ0n) is 19.6. The van der Waals surface area contributed by atoms with Crippen LogP contribution in [0.3, 0.4) is 0 Å². The lowest BCUT2D eigenvalue weighted by Gasteiger charge is -2.47. The van der Waals surface area contributed by atoms with Gasteiger partial charge in [-0.05, 0) is 53.4 Å². The number of nitrogens with zero attached hydrogens (tertiary/aromatic N) is 1. The monoisotopic (exact) mass is 640 g/mol. The second-order valence-electron chi connectivity index (χ2n) is 8.85. The summed E-state index contributed by atoms with van der Waals surface area (Å²) in [5.41, 5.74) is 1.94. The molecule has 0 saturated carbocycles. The van der Waals surface area contributed by atoms with E-state index >= 15 is 0 Å². The first-order valence-corrected chi connectivity index (χ1v) is 14.1. The standard InChI is InChI=1S/C27H22Br2N4O3S/c1-15-6-2-3-7-18(15)14-37-26-30-21(16-8-4-10-19(28)12-16)27(23(34)32-25(36)33-24(27)35)22(31-26)17-9-5-11-20(29)13-17/h2-13,21-22H,14H2,1H3,(H,30,31)(H2,32,33,34,35,36)/t21-,22+. The van der Waals surface area contributed by atoms with Crippen molar-refractivity contribution < 1.29 is 14.4 Å². The van der Waals surface area contributed by atoms with E-state index in [1.165, 1.54) is 17.3 Å². The quantitative estimate of drug-likeness (QED) is 0.325. The van der Waals surface area contributed by atoms with Crippen LogP contribution >= 0.6 is 43.6 Å². The van der Waals surface area contributed by atoms with Crippen LogP contribution in [0, 0.1) is 12.3 Å². The van der Waals surface area contributed by atoms with Crippen LogP contribution in [0.5, 0.6) is 0 Å². The zero-order valence-corrected chi connectivity index (χ0v) is 23.6. The predicted octanol–water partition coefficient (Wildman–Crippen LogP) is 5.55. The molecule has 4 amide bonds. The van der Waals surface area contributed by atoms with Crippen molar-refractivity contribution in [3.63, 3.8) is 0 Å². The predicted molar refractivity (Wildman–Crippen MR) is 151 cm³/mol. The van der Waals surface area contributed by atoms with Gasteiger partial charge < -0.3 is 5.32 Å². The number of carbonyl (C=O) groups excluding carboxylic acids is 3. The van der Waals surface area contributed by atoms with Gasteiger partial charge in [0, 0.05) is 14.7 Å². The van der Waals surface area contributed by atoms with Crippen molar-refractivity contribution in [3.05, 3.63) is 104 Å². The van der Waals surface area contributed by atoms with Crippen LogP contribution in [0.2, 0.25) is 0 Å². The lowest BCUT2D eigenvalue weighted by Crippen LogP contribution is -2.69. The molecule has 3 aromatic carbocycles. The number of rotatable bonds is 4. The molecule has 1 spiro atoms. The summed E-state index contributed by atoms with van der Waals surface area (Å²) in [6.07, 6.45) is 0. The fraction of sp³-hybridized carbons (Fsp3) is 0.185. The molecule has 2 aliphatic rings. The van der Waals surface area contributed by atoms with E-state index in [-0.39, 0.29) is 0 Å². The number of urea groups is 1. The Labute approximate surface area is 235 Å². The van der Waals surface area contributed by atoms with Crippen LogP contribution in [0.25, 0.3) is 0 Å². The van der Waals surface area contributed by atoms with E-state index in [9.17, 15) is 14.4 Å². The summed E-state index contributed by atoms with van der Waals surface area (Å²) >= 11 is 8.52. The maximum Gasteiger partial charge on any atom is 0.328 e. The molecule has 0 unspecified atom stereocenters. The third-order valence-corrected chi connectivity index (χ3v) is 8.52. The first-order chi connectivity index (χ1) is 17.8. The number of aryl methyl sites for hydroxylation is 1. The summed E-state index contributed by atoms with van der Waals surface area (Å²) in [4.78, 5) is 44.5. The second kappa shape index (κ2) is 10.4. The van der Waals surface area contributed by atoms with Gasteiger partial charge in [0.2, 0.25) is 11.8 Å². The van der Waals surface area contributed by atoms with Gasteiger partial charge in [-0.3, -0.25) is 25.2 Å². The Morgan fingerprint density at radius 2 is 1.49 bits per heavy atom. The number of barbiturate groups is 1. The van der Waals surface area contributed by atoms with Gasteiger partial charge in [-0.2, -0.15) is 0 Å². The first kappa shape index (κ1) is 25.7. The molecular formula is C27H22Br2N4O3S. The molecule has 0 bridgehead atoms. The molecule has 0 aromatic heterocycles. The number of hydrogen-bond donors (Lipinski definition) is 3. The molecule has 188 valence electrons. The number of benzene rings is 3. The van der Waals surface area contributed by atoms with Gasteiger partial charge in [0.15, 0.2) is 10.6 Å². The Morgan fingerprint density at radius 3 is 2.14 bits per heavy atom. The fourth-order valence-electron chi connectivity index (χ4n) is 4.75. The van der Waals surface area contributed by atoms with Gasteiger partial charge in [0.25, 0.3) is 0 Å². The van der Waals surface area contributed by atoms with E-state index in [1.54, 1.807) is 0 Å². The minimum absolute atomic E-state index is 0.598. The molecule has 2 heterocycles. The van der Waals surface area contributed by atoms with E-state index in [0.717, 1.165) is 14.5 Å². The summed E-state index contributed by atoms with van der Waals surface area (Å²) in [5.74, 6) is -0.746. The summed E-state index contributed by atoms with van der Waals surface area (Å²) < 4.78 is 1.58. The third kappa shape index (κ3) is 4.85. The van der Waals surface area contributed by atoms with Gasteiger partial charge in [-0.25, -0.2) is 4.79 Å². The highest BCUT2D eigenvalue weighted by Crippen LogP contribution is 2.51. The molecule has 0 radical (unpaired) electrons. The summed E-state index contributed by atoms with van der Waals surface area (Å²) in [6.45, 7) is 2.06. The van der Waals surface area contributed by atoms with E-state index in [0.29, 0.717) is 22.0 Å². The maximum absolute atomic E-state index is 13.7. The van der Waals surface area contributed by atoms with Crippen molar-refractivity contribution >= 4 is 66.6 Å². The number of thioether (sulfide) groups is 1. The molecule has 1 saturated heterocycles. The van der Waals surface area contributed by atoms with Crippen molar-refractivity contribution in [3.8, 4) is 0 Å². The van der Waals surface area contributed by atoms with Crippen molar-refractivity contribution in [2.24, 2.45) is 10.4 Å². The third-order valence-electron chi connectivity index (χ3n) is 6.58. The highest BCUT2D eigenvalue weighted by atomic mass is 79.9. The highest BCUT2D eigenvalue weighted by Gasteiger charge is 2.63. The number of aliphatic imine (C=N–C) groups is 1. The topological polar surface area (TPSA) is 99.7 Å². The number of halogens is 2. The molecule has 0 aliphatic carbocycles. The molecular weight excluding hydrogens is 620 g/mol. The van der Waals surface area contributed by atoms with Crippen molar-refractivity contribution in [2.45, 2.75) is 24.8 Å². The summed E-state index contributed by atoms with van der Waals surface area (Å²) in [6, 6.07) is 20.4. The fourth-order valence-corrected chi connectivity index (χ4v) is 6.58. The Morgan fingerprint density at radius 1 is 0.865 bits per heavy atom. The first-order valence-electron chi connectivity index (χ1n) is 11.5. The van der Waals surface area contributed by atoms with Gasteiger partial charge in [0.05, 0.1) is 6.04 Å². The molecule has 2 aliphatic heterocycles.